The second-order valence-corrected chi connectivity index (χ2v) is 13.1. The zero-order chi connectivity index (χ0) is 27.5. The number of aromatic hydroxyl groups is 1. The van der Waals surface area contributed by atoms with Crippen LogP contribution in [0.5, 0.6) is 11.5 Å². The largest absolute Gasteiger partial charge is 0.504 e. The molecule has 0 amide bonds. The highest BCUT2D eigenvalue weighted by atomic mass is 32.1. The minimum atomic E-state index is -0.990. The van der Waals surface area contributed by atoms with Crippen LogP contribution in [0.2, 0.25) is 0 Å². The quantitative estimate of drug-likeness (QED) is 0.179. The number of aryl methyl sites for hydroxylation is 1. The number of fused-ring (bicyclic) bond motifs is 6. The number of benzene rings is 3. The fourth-order valence-corrected chi connectivity index (χ4v) is 9.30. The maximum Gasteiger partial charge on any atom is 0.166 e. The van der Waals surface area contributed by atoms with Crippen molar-refractivity contribution in [1.29, 1.82) is 0 Å². The van der Waals surface area contributed by atoms with Crippen LogP contribution in [0.25, 0.3) is 21.7 Å². The maximum absolute atomic E-state index is 13.2. The summed E-state index contributed by atoms with van der Waals surface area (Å²) in [6.45, 7) is 3.39. The summed E-state index contributed by atoms with van der Waals surface area (Å²) >= 11 is 4.85. The summed E-state index contributed by atoms with van der Waals surface area (Å²) in [6, 6.07) is 16.9. The van der Waals surface area contributed by atoms with Gasteiger partial charge in [-0.1, -0.05) is 42.5 Å². The molecule has 2 fully saturated rings. The topological polar surface area (TPSA) is 70.2 Å². The lowest BCUT2D eigenvalue weighted by molar-refractivity contribution is -0.173. The molecule has 41 heavy (non-hydrogen) atoms. The lowest BCUT2D eigenvalue weighted by Crippen LogP contribution is -2.74. The first-order chi connectivity index (χ1) is 20.0. The van der Waals surface area contributed by atoms with Crippen LogP contribution in [0.15, 0.2) is 53.5 Å². The van der Waals surface area contributed by atoms with Crippen LogP contribution in [0.4, 0.5) is 0 Å². The van der Waals surface area contributed by atoms with Crippen molar-refractivity contribution in [2.24, 2.45) is 10.9 Å². The third-order valence-electron chi connectivity index (χ3n) is 11.0. The van der Waals surface area contributed by atoms with Crippen LogP contribution in [0, 0.1) is 5.92 Å². The predicted octanol–water partition coefficient (Wildman–Crippen LogP) is 5.69. The number of rotatable bonds is 6. The van der Waals surface area contributed by atoms with Crippen molar-refractivity contribution in [3.8, 4) is 11.5 Å². The molecular weight excluding hydrogens is 530 g/mol. The highest BCUT2D eigenvalue weighted by Gasteiger charge is 2.73. The minimum absolute atomic E-state index is 0.0230. The van der Waals surface area contributed by atoms with E-state index in [1.807, 2.05) is 0 Å². The van der Waals surface area contributed by atoms with E-state index in [-0.39, 0.29) is 17.9 Å². The predicted molar refractivity (Wildman–Crippen MR) is 162 cm³/mol. The molecule has 4 atom stereocenters. The monoisotopic (exact) mass is 563 g/mol. The molecule has 2 aliphatic heterocycles. The molecule has 0 radical (unpaired) electrons. The summed E-state index contributed by atoms with van der Waals surface area (Å²) in [6.07, 6.45) is 5.24. The number of phenolic OH excluding ortho intramolecular Hbond substituents is 1. The Balaban J connectivity index is 1.33. The number of nitrogens with zero attached hydrogens (tertiary/aromatic N) is 3. The Morgan fingerprint density at radius 3 is 2.83 bits per heavy atom. The summed E-state index contributed by atoms with van der Waals surface area (Å²) in [5.41, 5.74) is 4.25. The molecular formula is C34H33N3O3S. The average Bonchev–Trinajstić information content (AvgIpc) is 3.65. The highest BCUT2D eigenvalue weighted by Crippen LogP contribution is 2.69. The van der Waals surface area contributed by atoms with Gasteiger partial charge in [-0.15, -0.1) is 0 Å². The summed E-state index contributed by atoms with van der Waals surface area (Å²) in [5.74, 6) is 1.51. The van der Waals surface area contributed by atoms with Gasteiger partial charge in [0.05, 0.1) is 33.9 Å². The molecule has 6 nitrogen and oxygen atoms in total. The number of aliphatic imine (C=N–C) groups is 1. The first-order valence-corrected chi connectivity index (χ1v) is 15.5. The van der Waals surface area contributed by atoms with Crippen LogP contribution in [0.1, 0.15) is 54.2 Å². The molecule has 3 aromatic carbocycles. The summed E-state index contributed by atoms with van der Waals surface area (Å²) in [7, 11) is 0. The second kappa shape index (κ2) is 8.42. The Labute approximate surface area is 244 Å². The lowest BCUT2D eigenvalue weighted by atomic mass is 9.49. The van der Waals surface area contributed by atoms with Crippen molar-refractivity contribution >= 4 is 39.1 Å². The first kappa shape index (κ1) is 24.4. The van der Waals surface area contributed by atoms with E-state index in [1.54, 1.807) is 6.07 Å². The van der Waals surface area contributed by atoms with Crippen LogP contribution >= 0.6 is 12.2 Å². The molecule has 1 spiro atoms. The molecule has 3 aliphatic carbocycles. The molecule has 1 aromatic heterocycles. The fraction of sp³-hybridized carbons (Fsp3) is 0.441. The van der Waals surface area contributed by atoms with Gasteiger partial charge in [0.15, 0.2) is 17.6 Å². The van der Waals surface area contributed by atoms with Crippen molar-refractivity contribution in [2.75, 3.05) is 19.6 Å². The zero-order valence-electron chi connectivity index (χ0n) is 23.0. The van der Waals surface area contributed by atoms with Crippen molar-refractivity contribution in [3.63, 3.8) is 0 Å². The average molecular weight is 564 g/mol. The van der Waals surface area contributed by atoms with E-state index in [0.717, 1.165) is 56.1 Å². The van der Waals surface area contributed by atoms with Crippen LogP contribution in [0.3, 0.4) is 0 Å². The molecule has 9 rings (SSSR count). The molecule has 5 aliphatic rings. The first-order valence-electron chi connectivity index (χ1n) is 15.1. The molecule has 1 saturated carbocycles. The Hall–Kier alpha value is -3.22. The lowest BCUT2D eigenvalue weighted by Gasteiger charge is -2.63. The molecule has 1 saturated heterocycles. The molecule has 208 valence electrons. The number of thiocarbonyl (C=S) groups is 1. The van der Waals surface area contributed by atoms with Gasteiger partial charge >= 0.3 is 0 Å². The third kappa shape index (κ3) is 3.05. The number of likely N-dealkylation sites (tertiary alicyclic amines) is 1. The number of hydrogen-bond donors (Lipinski definition) is 2. The molecule has 2 bridgehead atoms. The van der Waals surface area contributed by atoms with E-state index < -0.39 is 11.0 Å². The van der Waals surface area contributed by atoms with E-state index in [9.17, 15) is 10.2 Å². The smallest absolute Gasteiger partial charge is 0.166 e. The van der Waals surface area contributed by atoms with Crippen molar-refractivity contribution < 1.29 is 14.9 Å². The van der Waals surface area contributed by atoms with Crippen molar-refractivity contribution in [2.45, 2.75) is 68.2 Å². The van der Waals surface area contributed by atoms with E-state index in [0.29, 0.717) is 18.7 Å². The van der Waals surface area contributed by atoms with Crippen LogP contribution in [-0.4, -0.2) is 56.1 Å². The fourth-order valence-electron chi connectivity index (χ4n) is 9.20. The zero-order valence-corrected chi connectivity index (χ0v) is 23.8. The number of phenols is 1. The Morgan fingerprint density at radius 2 is 1.98 bits per heavy atom. The third-order valence-corrected chi connectivity index (χ3v) is 11.1. The molecule has 2 N–H and O–H groups in total. The van der Waals surface area contributed by atoms with Crippen LogP contribution < -0.4 is 4.74 Å². The standard InChI is InChI=1S/C34H33N3O3S/c38-26-11-9-22-16-27-34(39)17-25-24-10-8-21-4-1-2-5-23(21)29(24)37(14-3-13-35-19-41)30(25)32-33(34,28(22)31(26)40-32)12-15-36(27)18-20-6-7-20/h1-2,4-5,8-11,20,27,32,38-39H,3,6-7,12-18H2/t27-,32?,33+,34?/m1/s1. The summed E-state index contributed by atoms with van der Waals surface area (Å²) in [5, 5.41) is 30.5. The van der Waals surface area contributed by atoms with E-state index in [4.69, 9.17) is 17.0 Å². The van der Waals surface area contributed by atoms with Gasteiger partial charge < -0.3 is 19.5 Å². The van der Waals surface area contributed by atoms with Gasteiger partial charge in [-0.2, -0.15) is 0 Å². The van der Waals surface area contributed by atoms with E-state index in [2.05, 4.69) is 62.1 Å². The minimum Gasteiger partial charge on any atom is -0.504 e. The molecule has 3 heterocycles. The SMILES string of the molecule is Oc1ccc2c3c1OC1c4c(c5ccc6ccccc6c5n4CCCN=C=S)CC4(O)[C@@H](C2)N(CC2CC2)CC[C@]314. The van der Waals surface area contributed by atoms with Gasteiger partial charge in [0.2, 0.25) is 0 Å². The number of hydrogen-bond acceptors (Lipinski definition) is 6. The van der Waals surface area contributed by atoms with E-state index >= 15 is 0 Å². The number of aromatic nitrogens is 1. The molecule has 2 unspecified atom stereocenters. The highest BCUT2D eigenvalue weighted by molar-refractivity contribution is 7.78. The van der Waals surface area contributed by atoms with Crippen molar-refractivity contribution in [3.05, 3.63) is 70.9 Å². The van der Waals surface area contributed by atoms with Crippen LogP contribution in [-0.2, 0) is 24.8 Å². The van der Waals surface area contributed by atoms with Gasteiger partial charge in [-0.05, 0) is 79.4 Å². The number of isothiocyanates is 1. The Bertz CT molecular complexity index is 1820. The number of piperidine rings is 1. The van der Waals surface area contributed by atoms with E-state index in [1.165, 1.54) is 45.6 Å². The second-order valence-electron chi connectivity index (χ2n) is 13.0. The van der Waals surface area contributed by atoms with Gasteiger partial charge in [-0.25, -0.2) is 4.99 Å². The maximum atomic E-state index is 13.2. The van der Waals surface area contributed by atoms with Gasteiger partial charge in [0.25, 0.3) is 0 Å². The normalized spacial score (nSPS) is 29.2. The van der Waals surface area contributed by atoms with Gasteiger partial charge in [-0.3, -0.25) is 4.90 Å². The number of ether oxygens (including phenoxy) is 1. The Kier molecular flexibility index (Phi) is 5.01. The Morgan fingerprint density at radius 1 is 1.10 bits per heavy atom. The molecule has 4 aromatic rings. The molecule has 7 heteroatoms. The van der Waals surface area contributed by atoms with Gasteiger partial charge in [0, 0.05) is 41.9 Å². The van der Waals surface area contributed by atoms with Crippen molar-refractivity contribution in [1.82, 2.24) is 9.47 Å². The van der Waals surface area contributed by atoms with Gasteiger partial charge in [0.1, 0.15) is 0 Å². The number of aliphatic hydroxyl groups is 1. The summed E-state index contributed by atoms with van der Waals surface area (Å²) < 4.78 is 9.39. The summed E-state index contributed by atoms with van der Waals surface area (Å²) in [4.78, 5) is 6.80.